The third-order valence-electron chi connectivity index (χ3n) is 6.18. The average molecular weight is 408 g/mol. The number of allylic oxidation sites excluding steroid dienone is 1. The monoisotopic (exact) mass is 408 g/mol. The molecule has 6 nitrogen and oxygen atoms in total. The van der Waals surface area contributed by atoms with Gasteiger partial charge in [-0.2, -0.15) is 0 Å². The van der Waals surface area contributed by atoms with Crippen LogP contribution in [-0.2, 0) is 18.9 Å². The number of esters is 1. The molecule has 0 spiro atoms. The molecule has 2 bridgehead atoms. The zero-order chi connectivity index (χ0) is 20.6. The summed E-state index contributed by atoms with van der Waals surface area (Å²) in [6, 6.07) is 13.1. The van der Waals surface area contributed by atoms with Crippen molar-refractivity contribution in [3.63, 3.8) is 0 Å². The topological polar surface area (TPSA) is 71.1 Å². The summed E-state index contributed by atoms with van der Waals surface area (Å²) in [4.78, 5) is 25.7. The highest BCUT2D eigenvalue weighted by Gasteiger charge is 2.55. The molecule has 2 fully saturated rings. The fraction of sp³-hybridized carbons (Fsp3) is 0.417. The molecule has 4 atom stereocenters. The molecule has 2 aliphatic carbocycles. The zero-order valence-electron chi connectivity index (χ0n) is 16.6. The predicted molar refractivity (Wildman–Crippen MR) is 109 cm³/mol. The molecule has 0 amide bonds. The summed E-state index contributed by atoms with van der Waals surface area (Å²) >= 11 is 0. The fourth-order valence-corrected chi connectivity index (χ4v) is 4.72. The Morgan fingerprint density at radius 2 is 1.87 bits per heavy atom. The van der Waals surface area contributed by atoms with Crippen LogP contribution in [0.2, 0.25) is 0 Å². The van der Waals surface area contributed by atoms with E-state index in [1.807, 2.05) is 42.5 Å². The molecule has 6 heteroatoms. The van der Waals surface area contributed by atoms with Crippen LogP contribution < -0.4 is 0 Å². The highest BCUT2D eigenvalue weighted by Crippen LogP contribution is 2.49. The maximum absolute atomic E-state index is 13.2. The number of hydrogen-bond donors (Lipinski definition) is 0. The second kappa shape index (κ2) is 7.76. The highest BCUT2D eigenvalue weighted by molar-refractivity contribution is 6.04. The molecule has 5 rings (SSSR count). The molecule has 0 aromatic heterocycles. The maximum Gasteiger partial charge on any atom is 0.513 e. The van der Waals surface area contributed by atoms with Gasteiger partial charge < -0.3 is 18.9 Å². The van der Waals surface area contributed by atoms with Gasteiger partial charge in [0, 0.05) is 12.8 Å². The Labute approximate surface area is 174 Å². The van der Waals surface area contributed by atoms with Gasteiger partial charge in [-0.1, -0.05) is 48.6 Å². The number of fused-ring (bicyclic) bond motifs is 3. The van der Waals surface area contributed by atoms with Crippen LogP contribution >= 0.6 is 0 Å². The van der Waals surface area contributed by atoms with Gasteiger partial charge in [-0.3, -0.25) is 0 Å². The lowest BCUT2D eigenvalue weighted by atomic mass is 9.99. The van der Waals surface area contributed by atoms with E-state index in [0.717, 1.165) is 30.0 Å². The summed E-state index contributed by atoms with van der Waals surface area (Å²) in [7, 11) is 0. The number of carbonyl (C=O) groups is 2. The summed E-state index contributed by atoms with van der Waals surface area (Å²) in [5, 5.41) is 1.75. The van der Waals surface area contributed by atoms with Crippen LogP contribution in [0.25, 0.3) is 10.8 Å². The van der Waals surface area contributed by atoms with Crippen molar-refractivity contribution in [2.75, 3.05) is 6.61 Å². The second-order valence-corrected chi connectivity index (χ2v) is 8.19. The van der Waals surface area contributed by atoms with E-state index < -0.39 is 24.2 Å². The number of benzene rings is 2. The first-order valence-corrected chi connectivity index (χ1v) is 10.5. The van der Waals surface area contributed by atoms with E-state index in [-0.39, 0.29) is 11.8 Å². The predicted octanol–water partition coefficient (Wildman–Crippen LogP) is 4.97. The molecule has 1 saturated carbocycles. The lowest BCUT2D eigenvalue weighted by Crippen LogP contribution is -2.44. The van der Waals surface area contributed by atoms with Gasteiger partial charge in [0.25, 0.3) is 5.79 Å². The van der Waals surface area contributed by atoms with Crippen LogP contribution in [0.15, 0.2) is 54.6 Å². The van der Waals surface area contributed by atoms with Gasteiger partial charge in [0.1, 0.15) is 0 Å². The molecule has 0 radical (unpaired) electrons. The van der Waals surface area contributed by atoms with E-state index in [1.165, 1.54) is 0 Å². The summed E-state index contributed by atoms with van der Waals surface area (Å²) in [5.74, 6) is -1.82. The lowest BCUT2D eigenvalue weighted by molar-refractivity contribution is -0.214. The molecule has 3 aliphatic rings. The van der Waals surface area contributed by atoms with Gasteiger partial charge in [0.2, 0.25) is 6.29 Å². The SMILES string of the molecule is O=C(OC1CCCCO1)OC1(OC(=O)c2cccc3ccccc23)CC2C=CC1C2. The Bertz CT molecular complexity index is 987. The fourth-order valence-electron chi connectivity index (χ4n) is 4.72. The van der Waals surface area contributed by atoms with Crippen molar-refractivity contribution in [1.29, 1.82) is 0 Å². The first-order chi connectivity index (χ1) is 14.6. The third-order valence-corrected chi connectivity index (χ3v) is 6.18. The Balaban J connectivity index is 1.37. The summed E-state index contributed by atoms with van der Waals surface area (Å²) in [6.45, 7) is 0.562. The van der Waals surface area contributed by atoms with Crippen molar-refractivity contribution in [2.45, 2.75) is 44.2 Å². The summed E-state index contributed by atoms with van der Waals surface area (Å²) in [6.07, 6.45) is 6.36. The number of rotatable bonds is 4. The van der Waals surface area contributed by atoms with Crippen LogP contribution in [0.1, 0.15) is 42.5 Å². The van der Waals surface area contributed by atoms with Crippen LogP contribution in [0.3, 0.4) is 0 Å². The molecule has 2 aromatic rings. The smallest absolute Gasteiger partial charge is 0.418 e. The van der Waals surface area contributed by atoms with Crippen LogP contribution in [0, 0.1) is 11.8 Å². The van der Waals surface area contributed by atoms with Crippen molar-refractivity contribution in [1.82, 2.24) is 0 Å². The van der Waals surface area contributed by atoms with Crippen molar-refractivity contribution in [3.8, 4) is 0 Å². The van der Waals surface area contributed by atoms with Gasteiger partial charge in [0.05, 0.1) is 18.1 Å². The largest absolute Gasteiger partial charge is 0.513 e. The van der Waals surface area contributed by atoms with Gasteiger partial charge in [-0.25, -0.2) is 9.59 Å². The van der Waals surface area contributed by atoms with Crippen molar-refractivity contribution in [2.24, 2.45) is 11.8 Å². The molecule has 1 aliphatic heterocycles. The first-order valence-electron chi connectivity index (χ1n) is 10.5. The third kappa shape index (κ3) is 3.56. The molecular formula is C24H24O6. The Morgan fingerprint density at radius 3 is 2.63 bits per heavy atom. The van der Waals surface area contributed by atoms with E-state index >= 15 is 0 Å². The van der Waals surface area contributed by atoms with E-state index in [1.54, 1.807) is 6.07 Å². The van der Waals surface area contributed by atoms with Crippen LogP contribution in [-0.4, -0.2) is 30.8 Å². The Hall–Kier alpha value is -2.86. The quantitative estimate of drug-likeness (QED) is 0.404. The number of hydrogen-bond acceptors (Lipinski definition) is 6. The zero-order valence-corrected chi connectivity index (χ0v) is 16.6. The Kier molecular flexibility index (Phi) is 4.95. The second-order valence-electron chi connectivity index (χ2n) is 8.19. The van der Waals surface area contributed by atoms with Crippen molar-refractivity contribution < 1.29 is 28.5 Å². The van der Waals surface area contributed by atoms with Crippen LogP contribution in [0.5, 0.6) is 0 Å². The van der Waals surface area contributed by atoms with Gasteiger partial charge in [-0.05, 0) is 42.0 Å². The molecule has 30 heavy (non-hydrogen) atoms. The molecule has 156 valence electrons. The van der Waals surface area contributed by atoms with E-state index in [4.69, 9.17) is 18.9 Å². The lowest BCUT2D eigenvalue weighted by Gasteiger charge is -2.34. The molecule has 0 N–H and O–H groups in total. The normalized spacial score (nSPS) is 29.7. The standard InChI is InChI=1S/C24H24O6/c25-22(20-9-5-7-17-6-1-2-8-19(17)20)29-24(15-16-11-12-18(24)14-16)30-23(26)28-21-10-3-4-13-27-21/h1-2,5-9,11-12,16,18,21H,3-4,10,13-15H2. The molecule has 2 aromatic carbocycles. The molecule has 1 saturated heterocycles. The highest BCUT2D eigenvalue weighted by atomic mass is 16.8. The van der Waals surface area contributed by atoms with Crippen molar-refractivity contribution >= 4 is 22.9 Å². The average Bonchev–Trinajstić information content (AvgIpc) is 3.35. The molecule has 4 unspecified atom stereocenters. The van der Waals surface area contributed by atoms with Gasteiger partial charge in [-0.15, -0.1) is 0 Å². The minimum absolute atomic E-state index is 0.179. The van der Waals surface area contributed by atoms with E-state index in [0.29, 0.717) is 25.0 Å². The maximum atomic E-state index is 13.2. The molecule has 1 heterocycles. The van der Waals surface area contributed by atoms with Crippen molar-refractivity contribution in [3.05, 3.63) is 60.2 Å². The summed E-state index contributed by atoms with van der Waals surface area (Å²) in [5.41, 5.74) is 0.451. The first kappa shape index (κ1) is 19.1. The number of carbonyl (C=O) groups excluding carboxylic acids is 2. The minimum atomic E-state index is -1.35. The Morgan fingerprint density at radius 1 is 1.00 bits per heavy atom. The molecular weight excluding hydrogens is 384 g/mol. The van der Waals surface area contributed by atoms with E-state index in [2.05, 4.69) is 6.08 Å². The minimum Gasteiger partial charge on any atom is -0.418 e. The van der Waals surface area contributed by atoms with Crippen LogP contribution in [0.4, 0.5) is 4.79 Å². The summed E-state index contributed by atoms with van der Waals surface area (Å²) < 4.78 is 22.4. The van der Waals surface area contributed by atoms with Gasteiger partial charge in [0.15, 0.2) is 0 Å². The van der Waals surface area contributed by atoms with E-state index in [9.17, 15) is 9.59 Å². The van der Waals surface area contributed by atoms with Gasteiger partial charge >= 0.3 is 12.1 Å². The number of ether oxygens (including phenoxy) is 4.